The Hall–Kier alpha value is -4.15. The maximum Gasteiger partial charge on any atom is 0.268 e. The van der Waals surface area contributed by atoms with E-state index in [-0.39, 0.29) is 5.57 Å². The molecule has 2 heterocycles. The lowest BCUT2D eigenvalue weighted by Crippen LogP contribution is -2.13. The number of amides is 1. The first kappa shape index (κ1) is 22.1. The van der Waals surface area contributed by atoms with Crippen LogP contribution in [0.15, 0.2) is 71.6 Å². The highest BCUT2D eigenvalue weighted by atomic mass is 32.1. The van der Waals surface area contributed by atoms with Gasteiger partial charge in [0.2, 0.25) is 0 Å². The molecular weight excluding hydrogens is 432 g/mol. The Balaban J connectivity index is 1.57. The van der Waals surface area contributed by atoms with E-state index in [9.17, 15) is 10.1 Å². The molecule has 1 amide bonds. The van der Waals surface area contributed by atoms with Crippen molar-refractivity contribution in [2.45, 2.75) is 13.8 Å². The Morgan fingerprint density at radius 1 is 1.15 bits per heavy atom. The number of carbonyl (C=O) groups is 1. The van der Waals surface area contributed by atoms with Crippen LogP contribution in [0.2, 0.25) is 0 Å². The van der Waals surface area contributed by atoms with Crippen molar-refractivity contribution < 1.29 is 9.53 Å². The fraction of sp³-hybridized carbons (Fsp3) is 0.115. The molecule has 0 atom stereocenters. The number of nitriles is 1. The monoisotopic (exact) mass is 454 g/mol. The Morgan fingerprint density at radius 3 is 2.55 bits per heavy atom. The maximum absolute atomic E-state index is 12.8. The molecule has 7 heteroatoms. The molecule has 0 unspecified atom stereocenters. The van der Waals surface area contributed by atoms with E-state index >= 15 is 0 Å². The van der Waals surface area contributed by atoms with Crippen LogP contribution in [0.25, 0.3) is 23.0 Å². The molecule has 6 nitrogen and oxygen atoms in total. The molecule has 0 spiro atoms. The first-order valence-electron chi connectivity index (χ1n) is 10.3. The lowest BCUT2D eigenvalue weighted by molar-refractivity contribution is -0.112. The third kappa shape index (κ3) is 4.71. The van der Waals surface area contributed by atoms with Gasteiger partial charge in [0, 0.05) is 28.0 Å². The summed E-state index contributed by atoms with van der Waals surface area (Å²) in [6, 6.07) is 21.4. The van der Waals surface area contributed by atoms with Gasteiger partial charge < -0.3 is 9.30 Å². The summed E-state index contributed by atoms with van der Waals surface area (Å²) in [6.45, 7) is 3.95. The molecule has 4 rings (SSSR count). The molecule has 0 saturated carbocycles. The Bertz CT molecular complexity index is 1360. The number of benzene rings is 2. The zero-order valence-electron chi connectivity index (χ0n) is 18.5. The Labute approximate surface area is 196 Å². The minimum absolute atomic E-state index is 0.0152. The standard InChI is InChI=1S/C26H22N4O2S/c1-17-13-20(18(2)30(17)22-9-11-23(32-3)12-10-22)14-21(15-27)25(31)29-26-28-24(16-33-26)19-7-5-4-6-8-19/h4-14,16H,1-3H3,(H,28,29,31)/b21-14-. The third-order valence-corrected chi connectivity index (χ3v) is 6.02. The fourth-order valence-corrected chi connectivity index (χ4v) is 4.32. The molecule has 2 aromatic heterocycles. The van der Waals surface area contributed by atoms with Crippen molar-refractivity contribution in [3.05, 3.63) is 88.6 Å². The van der Waals surface area contributed by atoms with Crippen LogP contribution in [-0.4, -0.2) is 22.6 Å². The summed E-state index contributed by atoms with van der Waals surface area (Å²) in [7, 11) is 1.63. The van der Waals surface area contributed by atoms with Gasteiger partial charge in [-0.15, -0.1) is 11.3 Å². The normalized spacial score (nSPS) is 11.2. The van der Waals surface area contributed by atoms with Gasteiger partial charge in [0.1, 0.15) is 17.4 Å². The van der Waals surface area contributed by atoms with Crippen LogP contribution in [0.5, 0.6) is 5.75 Å². The predicted octanol–water partition coefficient (Wildman–Crippen LogP) is 5.77. The Kier molecular flexibility index (Phi) is 6.38. The van der Waals surface area contributed by atoms with Gasteiger partial charge >= 0.3 is 0 Å². The number of aryl methyl sites for hydroxylation is 1. The second-order valence-corrected chi connectivity index (χ2v) is 8.25. The van der Waals surface area contributed by atoms with Crippen molar-refractivity contribution in [3.8, 4) is 28.8 Å². The molecule has 0 radical (unpaired) electrons. The van der Waals surface area contributed by atoms with Gasteiger partial charge in [-0.25, -0.2) is 4.98 Å². The van der Waals surface area contributed by atoms with E-state index in [1.54, 1.807) is 13.2 Å². The van der Waals surface area contributed by atoms with Crippen LogP contribution in [-0.2, 0) is 4.79 Å². The molecule has 0 aliphatic carbocycles. The van der Waals surface area contributed by atoms with Crippen LogP contribution in [0.1, 0.15) is 17.0 Å². The van der Waals surface area contributed by atoms with E-state index in [1.807, 2.05) is 86.0 Å². The molecule has 0 fully saturated rings. The molecule has 2 aromatic carbocycles. The highest BCUT2D eigenvalue weighted by Crippen LogP contribution is 2.26. The number of hydrogen-bond donors (Lipinski definition) is 1. The van der Waals surface area contributed by atoms with Gasteiger partial charge in [-0.05, 0) is 55.8 Å². The second-order valence-electron chi connectivity index (χ2n) is 7.39. The molecule has 1 N–H and O–H groups in total. The van der Waals surface area contributed by atoms with Crippen molar-refractivity contribution in [3.63, 3.8) is 0 Å². The van der Waals surface area contributed by atoms with E-state index in [0.29, 0.717) is 5.13 Å². The van der Waals surface area contributed by atoms with E-state index in [4.69, 9.17) is 4.74 Å². The van der Waals surface area contributed by atoms with E-state index in [0.717, 1.165) is 39.6 Å². The number of nitrogens with one attached hydrogen (secondary N) is 1. The van der Waals surface area contributed by atoms with Gasteiger partial charge in [-0.1, -0.05) is 30.3 Å². The highest BCUT2D eigenvalue weighted by molar-refractivity contribution is 7.14. The number of anilines is 1. The van der Waals surface area contributed by atoms with Crippen molar-refractivity contribution >= 4 is 28.5 Å². The average molecular weight is 455 g/mol. The summed E-state index contributed by atoms with van der Waals surface area (Å²) in [6.07, 6.45) is 1.61. The van der Waals surface area contributed by atoms with E-state index < -0.39 is 5.91 Å². The summed E-state index contributed by atoms with van der Waals surface area (Å²) < 4.78 is 7.31. The van der Waals surface area contributed by atoms with Gasteiger partial charge in [-0.2, -0.15) is 5.26 Å². The van der Waals surface area contributed by atoms with Crippen molar-refractivity contribution in [1.82, 2.24) is 9.55 Å². The van der Waals surface area contributed by atoms with Gasteiger partial charge in [0.05, 0.1) is 12.8 Å². The second kappa shape index (κ2) is 9.55. The summed E-state index contributed by atoms with van der Waals surface area (Å²) in [4.78, 5) is 17.3. The molecule has 0 aliphatic heterocycles. The predicted molar refractivity (Wildman–Crippen MR) is 132 cm³/mol. The van der Waals surface area contributed by atoms with Gasteiger partial charge in [0.25, 0.3) is 5.91 Å². The number of hydrogen-bond acceptors (Lipinski definition) is 5. The largest absolute Gasteiger partial charge is 0.497 e. The molecule has 33 heavy (non-hydrogen) atoms. The van der Waals surface area contributed by atoms with Crippen molar-refractivity contribution in [2.75, 3.05) is 12.4 Å². The van der Waals surface area contributed by atoms with Crippen LogP contribution in [0.4, 0.5) is 5.13 Å². The molecular formula is C26H22N4O2S. The molecule has 0 saturated heterocycles. The lowest BCUT2D eigenvalue weighted by atomic mass is 10.1. The topological polar surface area (TPSA) is 79.9 Å². The molecule has 164 valence electrons. The van der Waals surface area contributed by atoms with E-state index in [1.165, 1.54) is 11.3 Å². The highest BCUT2D eigenvalue weighted by Gasteiger charge is 2.15. The summed E-state index contributed by atoms with van der Waals surface area (Å²) >= 11 is 1.32. The SMILES string of the molecule is COc1ccc(-n2c(C)cc(/C=C(/C#N)C(=O)Nc3nc(-c4ccccc4)cs3)c2C)cc1. The van der Waals surface area contributed by atoms with Crippen LogP contribution in [0.3, 0.4) is 0 Å². The van der Waals surface area contributed by atoms with Crippen LogP contribution < -0.4 is 10.1 Å². The van der Waals surface area contributed by atoms with Crippen LogP contribution >= 0.6 is 11.3 Å². The summed E-state index contributed by atoms with van der Waals surface area (Å²) in [5, 5.41) is 14.7. The van der Waals surface area contributed by atoms with Crippen molar-refractivity contribution in [2.24, 2.45) is 0 Å². The summed E-state index contributed by atoms with van der Waals surface area (Å²) in [5.74, 6) is 0.295. The maximum atomic E-state index is 12.8. The number of rotatable bonds is 6. The van der Waals surface area contributed by atoms with Gasteiger partial charge in [-0.3, -0.25) is 10.1 Å². The quantitative estimate of drug-likeness (QED) is 0.296. The van der Waals surface area contributed by atoms with Gasteiger partial charge in [0.15, 0.2) is 5.13 Å². The zero-order valence-corrected chi connectivity index (χ0v) is 19.3. The number of methoxy groups -OCH3 is 1. The number of ether oxygens (including phenoxy) is 1. The number of nitrogens with zero attached hydrogens (tertiary/aromatic N) is 3. The molecule has 0 aliphatic rings. The molecule has 4 aromatic rings. The first-order chi connectivity index (χ1) is 16.0. The minimum atomic E-state index is -0.485. The third-order valence-electron chi connectivity index (χ3n) is 5.26. The number of aromatic nitrogens is 2. The number of carbonyl (C=O) groups excluding carboxylic acids is 1. The summed E-state index contributed by atoms with van der Waals surface area (Å²) in [5.41, 5.74) is 5.47. The number of thiazole rings is 1. The molecule has 0 bridgehead atoms. The lowest BCUT2D eigenvalue weighted by Gasteiger charge is -2.10. The van der Waals surface area contributed by atoms with E-state index in [2.05, 4.69) is 14.9 Å². The smallest absolute Gasteiger partial charge is 0.268 e. The fourth-order valence-electron chi connectivity index (χ4n) is 3.60. The van der Waals surface area contributed by atoms with Crippen LogP contribution in [0, 0.1) is 25.2 Å². The Morgan fingerprint density at radius 2 is 1.88 bits per heavy atom. The first-order valence-corrected chi connectivity index (χ1v) is 11.2. The van der Waals surface area contributed by atoms with Crippen molar-refractivity contribution in [1.29, 1.82) is 5.26 Å². The zero-order chi connectivity index (χ0) is 23.4. The average Bonchev–Trinajstić information content (AvgIpc) is 3.41. The minimum Gasteiger partial charge on any atom is -0.497 e.